The van der Waals surface area contributed by atoms with E-state index in [9.17, 15) is 13.2 Å². The highest BCUT2D eigenvalue weighted by Gasteiger charge is 2.32. The van der Waals surface area contributed by atoms with Gasteiger partial charge in [0.1, 0.15) is 0 Å². The van der Waals surface area contributed by atoms with E-state index in [1.54, 1.807) is 0 Å². The predicted molar refractivity (Wildman–Crippen MR) is 168 cm³/mol. The third kappa shape index (κ3) is 5.93. The Bertz CT molecular complexity index is 1820. The second-order valence-corrected chi connectivity index (χ2v) is 13.5. The molecule has 4 aromatic carbocycles. The number of methoxy groups -OCH3 is 1. The Morgan fingerprint density at radius 1 is 0.860 bits per heavy atom. The van der Waals surface area contributed by atoms with E-state index in [4.69, 9.17) is 33.0 Å². The predicted octanol–water partition coefficient (Wildman–Crippen LogP) is 7.40. The molecule has 0 spiro atoms. The van der Waals surface area contributed by atoms with Gasteiger partial charge in [0.15, 0.2) is 0 Å². The number of nitrogens with one attached hydrogen (secondary N) is 1. The highest BCUT2D eigenvalue weighted by molar-refractivity contribution is 7.89. The zero-order chi connectivity index (χ0) is 30.1. The Kier molecular flexibility index (Phi) is 8.29. The number of piperidine rings is 1. The van der Waals surface area contributed by atoms with Crippen molar-refractivity contribution >= 4 is 50.1 Å². The number of esters is 1. The summed E-state index contributed by atoms with van der Waals surface area (Å²) < 4.78 is 32.9. The number of fused-ring (bicyclic) bond motifs is 1. The van der Waals surface area contributed by atoms with Gasteiger partial charge in [0.25, 0.3) is 0 Å². The maximum Gasteiger partial charge on any atom is 0.337 e. The molecular weight excluding hydrogens is 605 g/mol. The van der Waals surface area contributed by atoms with E-state index in [1.165, 1.54) is 35.7 Å². The van der Waals surface area contributed by atoms with E-state index in [-0.39, 0.29) is 16.7 Å². The molecule has 0 unspecified atom stereocenters. The van der Waals surface area contributed by atoms with Gasteiger partial charge in [0.05, 0.1) is 28.8 Å². The fourth-order valence-corrected chi connectivity index (χ4v) is 7.55. The third-order valence-electron chi connectivity index (χ3n) is 8.11. The van der Waals surface area contributed by atoms with Gasteiger partial charge in [-0.15, -0.1) is 0 Å². The van der Waals surface area contributed by atoms with E-state index < -0.39 is 16.0 Å². The molecule has 7 nitrogen and oxygen atoms in total. The molecular formula is C33H29Cl2N3O4S. The van der Waals surface area contributed by atoms with Crippen LogP contribution in [-0.4, -0.2) is 49.1 Å². The van der Waals surface area contributed by atoms with Crippen LogP contribution in [0.15, 0.2) is 95.9 Å². The number of halogens is 2. The first-order valence-electron chi connectivity index (χ1n) is 13.9. The molecule has 1 fully saturated rings. The van der Waals surface area contributed by atoms with Gasteiger partial charge in [-0.3, -0.25) is 5.10 Å². The van der Waals surface area contributed by atoms with Crippen LogP contribution < -0.4 is 0 Å². The maximum absolute atomic E-state index is 13.3. The molecule has 0 amide bonds. The number of aromatic amines is 1. The van der Waals surface area contributed by atoms with Crippen LogP contribution in [0.3, 0.4) is 0 Å². The summed E-state index contributed by atoms with van der Waals surface area (Å²) in [5, 5.41) is 10.3. The number of hydrogen-bond acceptors (Lipinski definition) is 5. The average Bonchev–Trinajstić information content (AvgIpc) is 3.46. The molecule has 1 aliphatic rings. The van der Waals surface area contributed by atoms with Crippen LogP contribution in [0.2, 0.25) is 10.0 Å². The Hall–Kier alpha value is -3.69. The minimum atomic E-state index is -3.70. The van der Waals surface area contributed by atoms with Gasteiger partial charge in [-0.1, -0.05) is 53.5 Å². The summed E-state index contributed by atoms with van der Waals surface area (Å²) in [6.07, 6.45) is 1.28. The minimum Gasteiger partial charge on any atom is -0.465 e. The highest BCUT2D eigenvalue weighted by atomic mass is 35.5. The largest absolute Gasteiger partial charge is 0.465 e. The number of H-pyrrole nitrogens is 1. The van der Waals surface area contributed by atoms with Crippen molar-refractivity contribution in [3.63, 3.8) is 0 Å². The van der Waals surface area contributed by atoms with E-state index in [2.05, 4.69) is 23.3 Å². The van der Waals surface area contributed by atoms with Gasteiger partial charge in [0, 0.05) is 40.4 Å². The van der Waals surface area contributed by atoms with Crippen LogP contribution in [0.5, 0.6) is 0 Å². The van der Waals surface area contributed by atoms with E-state index in [0.29, 0.717) is 41.5 Å². The normalized spacial score (nSPS) is 14.8. The molecule has 0 bridgehead atoms. The molecule has 2 heterocycles. The molecule has 0 aliphatic carbocycles. The molecule has 0 atom stereocenters. The molecule has 220 valence electrons. The lowest BCUT2D eigenvalue weighted by Gasteiger charge is -2.30. The van der Waals surface area contributed by atoms with Crippen LogP contribution in [0, 0.1) is 0 Å². The minimum absolute atomic E-state index is 0.0424. The Labute approximate surface area is 260 Å². The summed E-state index contributed by atoms with van der Waals surface area (Å²) in [4.78, 5) is 11.9. The van der Waals surface area contributed by atoms with Gasteiger partial charge in [0.2, 0.25) is 10.0 Å². The summed E-state index contributed by atoms with van der Waals surface area (Å²) in [5.74, 6) is -0.451. The number of benzene rings is 4. The summed E-state index contributed by atoms with van der Waals surface area (Å²) in [6.45, 7) is 0.746. The Morgan fingerprint density at radius 2 is 1.42 bits per heavy atom. The van der Waals surface area contributed by atoms with Crippen molar-refractivity contribution in [2.24, 2.45) is 0 Å². The molecule has 10 heteroatoms. The van der Waals surface area contributed by atoms with Gasteiger partial charge in [-0.05, 0) is 90.2 Å². The second-order valence-electron chi connectivity index (χ2n) is 10.6. The number of carbonyl (C=O) groups is 1. The lowest BCUT2D eigenvalue weighted by atomic mass is 9.84. The molecule has 1 aromatic heterocycles. The third-order valence-corrected chi connectivity index (χ3v) is 10.5. The van der Waals surface area contributed by atoms with Gasteiger partial charge < -0.3 is 4.74 Å². The molecule has 1 saturated heterocycles. The van der Waals surface area contributed by atoms with Gasteiger partial charge >= 0.3 is 5.97 Å². The molecule has 0 radical (unpaired) electrons. The number of hydrogen-bond donors (Lipinski definition) is 1. The lowest BCUT2D eigenvalue weighted by Crippen LogP contribution is -2.38. The lowest BCUT2D eigenvalue weighted by molar-refractivity contribution is 0.0600. The first-order valence-corrected chi connectivity index (χ1v) is 16.1. The monoisotopic (exact) mass is 633 g/mol. The Morgan fingerprint density at radius 3 is 1.98 bits per heavy atom. The quantitative estimate of drug-likeness (QED) is 0.149. The van der Waals surface area contributed by atoms with Crippen molar-refractivity contribution in [1.29, 1.82) is 0 Å². The van der Waals surface area contributed by atoms with Crippen LogP contribution in [0.1, 0.15) is 57.4 Å². The number of rotatable bonds is 7. The van der Waals surface area contributed by atoms with E-state index in [1.807, 2.05) is 48.5 Å². The highest BCUT2D eigenvalue weighted by Crippen LogP contribution is 2.38. The van der Waals surface area contributed by atoms with Crippen molar-refractivity contribution in [1.82, 2.24) is 14.5 Å². The molecule has 5 aromatic rings. The van der Waals surface area contributed by atoms with Crippen LogP contribution in [0.25, 0.3) is 10.9 Å². The van der Waals surface area contributed by atoms with Gasteiger partial charge in [-0.25, -0.2) is 13.2 Å². The molecule has 6 rings (SSSR count). The maximum atomic E-state index is 13.3. The summed E-state index contributed by atoms with van der Waals surface area (Å²) in [6, 6.07) is 28.0. The van der Waals surface area contributed by atoms with Crippen LogP contribution in [0.4, 0.5) is 0 Å². The summed E-state index contributed by atoms with van der Waals surface area (Å²) in [5.41, 5.74) is 5.51. The van der Waals surface area contributed by atoms with Gasteiger partial charge in [-0.2, -0.15) is 9.40 Å². The summed E-state index contributed by atoms with van der Waals surface area (Å²) >= 11 is 12.4. The van der Waals surface area contributed by atoms with Crippen molar-refractivity contribution in [3.05, 3.63) is 129 Å². The van der Waals surface area contributed by atoms with E-state index in [0.717, 1.165) is 33.3 Å². The zero-order valence-electron chi connectivity index (χ0n) is 23.3. The molecule has 1 N–H and O–H groups in total. The van der Waals surface area contributed by atoms with Crippen molar-refractivity contribution in [3.8, 4) is 0 Å². The number of aromatic nitrogens is 2. The fourth-order valence-electron chi connectivity index (χ4n) is 5.83. The van der Waals surface area contributed by atoms with Crippen molar-refractivity contribution in [2.75, 3.05) is 20.2 Å². The summed E-state index contributed by atoms with van der Waals surface area (Å²) in [7, 11) is -2.41. The SMILES string of the molecule is COC(=O)c1ccc(S(=O)(=O)N2CCC(c3n[nH]c4ccc(C(c5ccc(Cl)cc5)c5ccc(Cl)cc5)cc34)CC2)cc1. The standard InChI is InChI=1S/C33H29Cl2N3O4S/c1-42-33(39)24-6-13-28(14-7-24)43(40,41)38-18-16-23(17-19-38)32-29-20-25(8-15-30(29)36-37-32)31(21-2-9-26(34)10-3-21)22-4-11-27(35)12-5-22/h2-15,20,23,31H,16-19H2,1H3,(H,36,37). The van der Waals surface area contributed by atoms with Crippen LogP contribution in [-0.2, 0) is 14.8 Å². The average molecular weight is 635 g/mol. The number of nitrogens with zero attached hydrogens (tertiary/aromatic N) is 2. The first kappa shape index (κ1) is 29.4. The molecule has 0 saturated carbocycles. The zero-order valence-corrected chi connectivity index (χ0v) is 25.7. The molecule has 1 aliphatic heterocycles. The number of ether oxygens (including phenoxy) is 1. The number of sulfonamides is 1. The fraction of sp³-hybridized carbons (Fsp3) is 0.212. The number of carbonyl (C=O) groups excluding carboxylic acids is 1. The van der Waals surface area contributed by atoms with Crippen LogP contribution >= 0.6 is 23.2 Å². The Balaban J connectivity index is 1.26. The van der Waals surface area contributed by atoms with E-state index >= 15 is 0 Å². The topological polar surface area (TPSA) is 92.4 Å². The van der Waals surface area contributed by atoms with Crippen molar-refractivity contribution < 1.29 is 17.9 Å². The first-order chi connectivity index (χ1) is 20.7. The second kappa shape index (κ2) is 12.1. The van der Waals surface area contributed by atoms with Crippen molar-refractivity contribution in [2.45, 2.75) is 29.6 Å². The smallest absolute Gasteiger partial charge is 0.337 e. The molecule has 43 heavy (non-hydrogen) atoms.